The van der Waals surface area contributed by atoms with E-state index in [1.165, 1.54) is 167 Å². The van der Waals surface area contributed by atoms with Gasteiger partial charge in [-0.25, -0.2) is 0 Å². The van der Waals surface area contributed by atoms with Gasteiger partial charge >= 0.3 is 5.97 Å². The normalized spacial score (nSPS) is 18.8. The third-order valence-corrected chi connectivity index (χ3v) is 15.3. The average Bonchev–Trinajstić information content (AvgIpc) is 3.45. The molecule has 1 saturated heterocycles. The number of aliphatic hydroxyl groups excluding tert-OH is 5. The molecule has 0 bridgehead atoms. The molecule has 11 heteroatoms. The number of nitrogens with one attached hydrogen (secondary N) is 1. The van der Waals surface area contributed by atoms with Crippen LogP contribution in [0.3, 0.4) is 0 Å². The Hall–Kier alpha value is -2.90. The van der Waals surface area contributed by atoms with Crippen LogP contribution in [-0.4, -0.2) is 100 Å². The molecule has 11 nitrogen and oxygen atoms in total. The number of hydrogen-bond acceptors (Lipinski definition) is 10. The van der Waals surface area contributed by atoms with E-state index < -0.39 is 49.5 Å². The minimum atomic E-state index is -1.58. The molecule has 1 aliphatic rings. The number of aliphatic hydroxyl groups is 5. The van der Waals surface area contributed by atoms with E-state index >= 15 is 0 Å². The highest BCUT2D eigenvalue weighted by molar-refractivity contribution is 5.76. The van der Waals surface area contributed by atoms with Crippen molar-refractivity contribution in [2.45, 2.75) is 333 Å². The molecule has 7 unspecified atom stereocenters. The highest BCUT2D eigenvalue weighted by atomic mass is 16.7. The average molecular weight is 1130 g/mol. The van der Waals surface area contributed by atoms with Gasteiger partial charge in [-0.15, -0.1) is 0 Å². The molecule has 1 heterocycles. The van der Waals surface area contributed by atoms with Gasteiger partial charge in [-0.05, 0) is 109 Å². The molecule has 464 valence electrons. The van der Waals surface area contributed by atoms with Crippen molar-refractivity contribution in [2.24, 2.45) is 0 Å². The summed E-state index contributed by atoms with van der Waals surface area (Å²) in [6.45, 7) is 4.19. The number of ether oxygens (including phenoxy) is 3. The topological polar surface area (TPSA) is 175 Å². The van der Waals surface area contributed by atoms with Crippen LogP contribution in [-0.2, 0) is 23.8 Å². The SMILES string of the molecule is CC/C=C/CC/C=C/CC/C=C/C(O)C(COC1OC(CO)C(O)C(O)C1O)NC(=O)CCCCCCCCCCC/C=C\C/C=C\CCCCCCCCCCCOC(=O)CCCCCCCCC/C=C\CCCCCCCC. The van der Waals surface area contributed by atoms with Crippen molar-refractivity contribution in [2.75, 3.05) is 19.8 Å². The summed E-state index contributed by atoms with van der Waals surface area (Å²) in [5.74, 6) is -0.212. The second-order valence-corrected chi connectivity index (χ2v) is 22.8. The first kappa shape index (κ1) is 75.1. The lowest BCUT2D eigenvalue weighted by atomic mass is 9.99. The first-order valence-electron chi connectivity index (χ1n) is 33.2. The van der Waals surface area contributed by atoms with Crippen LogP contribution in [0, 0.1) is 0 Å². The Morgan fingerprint density at radius 3 is 1.38 bits per heavy atom. The maximum atomic E-state index is 13.0. The molecule has 1 fully saturated rings. The predicted molar refractivity (Wildman–Crippen MR) is 333 cm³/mol. The molecule has 80 heavy (non-hydrogen) atoms. The molecular weight excluding hydrogens is 1000 g/mol. The van der Waals surface area contributed by atoms with E-state index in [1.54, 1.807) is 6.08 Å². The van der Waals surface area contributed by atoms with Gasteiger partial charge in [-0.2, -0.15) is 0 Å². The van der Waals surface area contributed by atoms with E-state index in [2.05, 4.69) is 79.9 Å². The second kappa shape index (κ2) is 57.9. The molecule has 0 saturated carbocycles. The zero-order valence-corrected chi connectivity index (χ0v) is 51.3. The largest absolute Gasteiger partial charge is 0.466 e. The van der Waals surface area contributed by atoms with Gasteiger partial charge in [-0.1, -0.05) is 241 Å². The van der Waals surface area contributed by atoms with Crippen LogP contribution in [0.25, 0.3) is 0 Å². The number of hydrogen-bond donors (Lipinski definition) is 6. The molecule has 0 aliphatic carbocycles. The summed E-state index contributed by atoms with van der Waals surface area (Å²) in [5, 5.41) is 54.2. The van der Waals surface area contributed by atoms with Crippen molar-refractivity contribution in [1.82, 2.24) is 5.32 Å². The number of allylic oxidation sites excluding steroid dienone is 11. The van der Waals surface area contributed by atoms with Gasteiger partial charge in [0.05, 0.1) is 32.0 Å². The molecule has 6 N–H and O–H groups in total. The van der Waals surface area contributed by atoms with Crippen molar-refractivity contribution >= 4 is 11.9 Å². The zero-order chi connectivity index (χ0) is 58.0. The molecule has 0 spiro atoms. The molecule has 1 amide bonds. The molecule has 7 atom stereocenters. The van der Waals surface area contributed by atoms with E-state index in [0.717, 1.165) is 96.3 Å². The third-order valence-electron chi connectivity index (χ3n) is 15.3. The van der Waals surface area contributed by atoms with Crippen molar-refractivity contribution in [3.63, 3.8) is 0 Å². The van der Waals surface area contributed by atoms with E-state index in [1.807, 2.05) is 6.08 Å². The molecule has 0 radical (unpaired) electrons. The van der Waals surface area contributed by atoms with E-state index in [-0.39, 0.29) is 18.5 Å². The van der Waals surface area contributed by atoms with Gasteiger partial charge < -0.3 is 45.1 Å². The predicted octanol–water partition coefficient (Wildman–Crippen LogP) is 16.3. The summed E-state index contributed by atoms with van der Waals surface area (Å²) >= 11 is 0. The highest BCUT2D eigenvalue weighted by Crippen LogP contribution is 2.23. The Morgan fingerprint density at radius 2 is 0.887 bits per heavy atom. The minimum absolute atomic E-state index is 0.00625. The van der Waals surface area contributed by atoms with Crippen LogP contribution in [0.1, 0.15) is 290 Å². The van der Waals surface area contributed by atoms with Gasteiger partial charge in [-0.3, -0.25) is 9.59 Å². The van der Waals surface area contributed by atoms with E-state index in [4.69, 9.17) is 14.2 Å². The van der Waals surface area contributed by atoms with Crippen molar-refractivity contribution < 1.29 is 49.3 Å². The summed E-state index contributed by atoms with van der Waals surface area (Å²) in [7, 11) is 0. The van der Waals surface area contributed by atoms with E-state index in [9.17, 15) is 35.1 Å². The molecule has 1 aliphatic heterocycles. The van der Waals surface area contributed by atoms with Gasteiger partial charge in [0.25, 0.3) is 0 Å². The number of esters is 1. The Bertz CT molecular complexity index is 1560. The second-order valence-electron chi connectivity index (χ2n) is 22.8. The standard InChI is InChI=1S/C69H123NO10/c1-3-5-7-9-11-13-15-16-17-27-31-34-37-41-45-49-53-57-65(74)78-58-54-50-46-42-38-35-32-29-26-24-22-20-18-19-21-23-25-28-30-33-36-40-44-48-52-56-64(73)70-61(60-79-69-68(77)67(76)66(75)63(59-71)80-69)62(72)55-51-47-43-39-14-12-10-8-6-4-2/h6,8,14,16-17,19-22,39,51,55,61-63,66-69,71-72,75-77H,3-5,7,9-13,15,18,23-38,40-50,52-54,56-60H2,1-2H3,(H,70,73)/b8-6+,17-16-,21-19-,22-20-,39-14+,55-51+. The first-order valence-corrected chi connectivity index (χ1v) is 33.2. The molecule has 1 rings (SSSR count). The van der Waals surface area contributed by atoms with Crippen LogP contribution in [0.5, 0.6) is 0 Å². The Labute approximate surface area is 490 Å². The third kappa shape index (κ3) is 46.6. The van der Waals surface area contributed by atoms with Gasteiger partial charge in [0, 0.05) is 12.8 Å². The summed E-state index contributed by atoms with van der Waals surface area (Å²) < 4.78 is 16.7. The van der Waals surface area contributed by atoms with Crippen LogP contribution in [0.4, 0.5) is 0 Å². The van der Waals surface area contributed by atoms with Crippen LogP contribution >= 0.6 is 0 Å². The summed E-state index contributed by atoms with van der Waals surface area (Å²) in [5.41, 5.74) is 0. The maximum absolute atomic E-state index is 13.0. The number of rotatable bonds is 57. The Morgan fingerprint density at radius 1 is 0.475 bits per heavy atom. The highest BCUT2D eigenvalue weighted by Gasteiger charge is 2.44. The fourth-order valence-corrected chi connectivity index (χ4v) is 10.0. The van der Waals surface area contributed by atoms with Crippen molar-refractivity contribution in [1.29, 1.82) is 0 Å². The van der Waals surface area contributed by atoms with Gasteiger partial charge in [0.15, 0.2) is 6.29 Å². The van der Waals surface area contributed by atoms with Crippen molar-refractivity contribution in [3.8, 4) is 0 Å². The lowest BCUT2D eigenvalue weighted by Crippen LogP contribution is -2.60. The molecular formula is C69H123NO10. The number of carbonyl (C=O) groups is 2. The van der Waals surface area contributed by atoms with Crippen LogP contribution < -0.4 is 5.32 Å². The number of carbonyl (C=O) groups excluding carboxylic acids is 2. The van der Waals surface area contributed by atoms with E-state index in [0.29, 0.717) is 19.4 Å². The summed E-state index contributed by atoms with van der Waals surface area (Å²) in [6, 6.07) is -0.840. The lowest BCUT2D eigenvalue weighted by molar-refractivity contribution is -0.302. The van der Waals surface area contributed by atoms with Crippen LogP contribution in [0.15, 0.2) is 72.9 Å². The Balaban J connectivity index is 1.99. The first-order chi connectivity index (χ1) is 39.2. The summed E-state index contributed by atoms with van der Waals surface area (Å²) in [6.07, 6.45) is 67.5. The fraction of sp³-hybridized carbons (Fsp3) is 0.797. The van der Waals surface area contributed by atoms with Crippen molar-refractivity contribution in [3.05, 3.63) is 72.9 Å². The number of amides is 1. The number of unbranched alkanes of at least 4 members (excludes halogenated alkanes) is 33. The monoisotopic (exact) mass is 1130 g/mol. The smallest absolute Gasteiger partial charge is 0.305 e. The van der Waals surface area contributed by atoms with Crippen LogP contribution in [0.2, 0.25) is 0 Å². The maximum Gasteiger partial charge on any atom is 0.305 e. The lowest BCUT2D eigenvalue weighted by Gasteiger charge is -2.40. The fourth-order valence-electron chi connectivity index (χ4n) is 10.0. The molecule has 0 aromatic rings. The minimum Gasteiger partial charge on any atom is -0.466 e. The van der Waals surface area contributed by atoms with Gasteiger partial charge in [0.1, 0.15) is 24.4 Å². The van der Waals surface area contributed by atoms with Gasteiger partial charge in [0.2, 0.25) is 5.91 Å². The Kier molecular flexibility index (Phi) is 54.4. The summed E-state index contributed by atoms with van der Waals surface area (Å²) in [4.78, 5) is 25.1. The zero-order valence-electron chi connectivity index (χ0n) is 51.3. The quantitative estimate of drug-likeness (QED) is 0.0195. The molecule has 0 aromatic carbocycles. The molecule has 0 aromatic heterocycles.